The van der Waals surface area contributed by atoms with E-state index in [1.54, 1.807) is 24.3 Å². The molecule has 0 heterocycles. The Morgan fingerprint density at radius 3 is 1.48 bits per heavy atom. The average Bonchev–Trinajstić information content (AvgIpc) is 2.76. The zero-order valence-electron chi connectivity index (χ0n) is 15.9. The fourth-order valence-electron chi connectivity index (χ4n) is 3.24. The van der Waals surface area contributed by atoms with Gasteiger partial charge in [0.15, 0.2) is 0 Å². The molecule has 0 amide bonds. The minimum Gasteiger partial charge on any atom is -0.192 e. The molecule has 0 fully saturated rings. The fourth-order valence-corrected chi connectivity index (χ4v) is 6.03. The van der Waals surface area contributed by atoms with Crippen LogP contribution in [0.5, 0.6) is 0 Å². The number of hydrogen-bond acceptors (Lipinski definition) is 4. The van der Waals surface area contributed by atoms with Crippen LogP contribution >= 0.6 is 7.92 Å². The van der Waals surface area contributed by atoms with E-state index in [2.05, 4.69) is 24.3 Å². The summed E-state index contributed by atoms with van der Waals surface area (Å²) >= 11 is 0. The monoisotopic (exact) mass is 390 g/mol. The summed E-state index contributed by atoms with van der Waals surface area (Å²) in [6, 6.07) is 24.9. The van der Waals surface area contributed by atoms with Gasteiger partial charge in [0.2, 0.25) is 0 Å². The standard InChI is InChI=1S/C24H15N4P/c1-16-6-3-9-22(17(16)2)29(23-10-4-7-18(12-25)20(23)14-27)24-11-5-8-19(13-26)21(24)15-28/h3-11H,1-2H3. The summed E-state index contributed by atoms with van der Waals surface area (Å²) in [4.78, 5) is 0. The maximum atomic E-state index is 9.82. The first-order chi connectivity index (χ1) is 14.1. The van der Waals surface area contributed by atoms with E-state index in [1.807, 2.05) is 44.2 Å². The molecule has 3 aromatic carbocycles. The molecular formula is C24H15N4P. The molecule has 0 atom stereocenters. The lowest BCUT2D eigenvalue weighted by molar-refractivity contribution is 1.37. The quantitative estimate of drug-likeness (QED) is 0.639. The highest BCUT2D eigenvalue weighted by Gasteiger charge is 2.26. The maximum absolute atomic E-state index is 9.82. The van der Waals surface area contributed by atoms with Gasteiger partial charge in [0.1, 0.15) is 24.3 Å². The van der Waals surface area contributed by atoms with Crippen molar-refractivity contribution < 1.29 is 0 Å². The van der Waals surface area contributed by atoms with Crippen LogP contribution < -0.4 is 15.9 Å². The largest absolute Gasteiger partial charge is 0.192 e. The van der Waals surface area contributed by atoms with Crippen LogP contribution in [-0.2, 0) is 0 Å². The van der Waals surface area contributed by atoms with Crippen molar-refractivity contribution in [2.75, 3.05) is 0 Å². The molecule has 3 rings (SSSR count). The van der Waals surface area contributed by atoms with Gasteiger partial charge in [-0.25, -0.2) is 0 Å². The fraction of sp³-hybridized carbons (Fsp3) is 0.0833. The number of rotatable bonds is 3. The Bertz CT molecular complexity index is 1200. The summed E-state index contributed by atoms with van der Waals surface area (Å²) in [5.74, 6) is 0. The zero-order valence-corrected chi connectivity index (χ0v) is 16.8. The van der Waals surface area contributed by atoms with Crippen LogP contribution in [0, 0.1) is 59.2 Å². The van der Waals surface area contributed by atoms with Gasteiger partial charge in [-0.15, -0.1) is 0 Å². The predicted molar refractivity (Wildman–Crippen MR) is 113 cm³/mol. The van der Waals surface area contributed by atoms with E-state index < -0.39 is 7.92 Å². The van der Waals surface area contributed by atoms with Crippen LogP contribution in [0.3, 0.4) is 0 Å². The lowest BCUT2D eigenvalue weighted by Gasteiger charge is -2.24. The second-order valence-electron chi connectivity index (χ2n) is 6.40. The predicted octanol–water partition coefficient (Wildman–Crippen LogP) is 3.55. The van der Waals surface area contributed by atoms with Crippen LogP contribution in [0.1, 0.15) is 33.4 Å². The first kappa shape index (κ1) is 19.8. The summed E-state index contributed by atoms with van der Waals surface area (Å²) in [5.41, 5.74) is 3.40. The third-order valence-corrected chi connectivity index (χ3v) is 7.52. The van der Waals surface area contributed by atoms with E-state index in [1.165, 1.54) is 0 Å². The first-order valence-electron chi connectivity index (χ1n) is 8.80. The van der Waals surface area contributed by atoms with Gasteiger partial charge >= 0.3 is 0 Å². The molecule has 0 spiro atoms. The number of nitrogens with zero attached hydrogens (tertiary/aromatic N) is 4. The Kier molecular flexibility index (Phi) is 5.72. The van der Waals surface area contributed by atoms with E-state index in [0.717, 1.165) is 16.4 Å². The molecule has 0 bridgehead atoms. The minimum atomic E-state index is -1.33. The van der Waals surface area contributed by atoms with E-state index in [-0.39, 0.29) is 0 Å². The lowest BCUT2D eigenvalue weighted by Crippen LogP contribution is -2.27. The summed E-state index contributed by atoms with van der Waals surface area (Å²) in [5, 5.41) is 41.0. The molecule has 5 heteroatoms. The smallest absolute Gasteiger partial charge is 0.101 e. The molecule has 0 aliphatic rings. The Hall–Kier alpha value is -3.95. The van der Waals surface area contributed by atoms with Crippen molar-refractivity contribution in [1.82, 2.24) is 0 Å². The highest BCUT2D eigenvalue weighted by Crippen LogP contribution is 2.38. The van der Waals surface area contributed by atoms with E-state index in [9.17, 15) is 21.0 Å². The van der Waals surface area contributed by atoms with Crippen molar-refractivity contribution in [3.63, 3.8) is 0 Å². The third-order valence-electron chi connectivity index (χ3n) is 4.85. The molecule has 3 aromatic rings. The van der Waals surface area contributed by atoms with Crippen LogP contribution in [0.25, 0.3) is 0 Å². The van der Waals surface area contributed by atoms with Crippen LogP contribution in [0.4, 0.5) is 0 Å². The Balaban J connectivity index is 2.47. The van der Waals surface area contributed by atoms with Crippen molar-refractivity contribution >= 4 is 23.8 Å². The van der Waals surface area contributed by atoms with Gasteiger partial charge in [-0.3, -0.25) is 0 Å². The maximum Gasteiger partial charge on any atom is 0.101 e. The van der Waals surface area contributed by atoms with E-state index in [0.29, 0.717) is 32.9 Å². The average molecular weight is 390 g/mol. The van der Waals surface area contributed by atoms with Crippen molar-refractivity contribution in [2.45, 2.75) is 13.8 Å². The topological polar surface area (TPSA) is 95.2 Å². The molecule has 0 aromatic heterocycles. The Morgan fingerprint density at radius 1 is 0.586 bits per heavy atom. The molecule has 0 aliphatic heterocycles. The molecule has 29 heavy (non-hydrogen) atoms. The Morgan fingerprint density at radius 2 is 1.03 bits per heavy atom. The normalized spacial score (nSPS) is 9.90. The van der Waals surface area contributed by atoms with Crippen molar-refractivity contribution in [2.24, 2.45) is 0 Å². The molecular weight excluding hydrogens is 375 g/mol. The molecule has 0 radical (unpaired) electrons. The van der Waals surface area contributed by atoms with Crippen LogP contribution in [0.2, 0.25) is 0 Å². The molecule has 0 unspecified atom stereocenters. The summed E-state index contributed by atoms with van der Waals surface area (Å²) < 4.78 is 0. The molecule has 0 saturated carbocycles. The minimum absolute atomic E-state index is 0.303. The van der Waals surface area contributed by atoms with Gasteiger partial charge in [-0.2, -0.15) is 21.0 Å². The van der Waals surface area contributed by atoms with Gasteiger partial charge in [0.25, 0.3) is 0 Å². The molecule has 136 valence electrons. The highest BCUT2D eigenvalue weighted by molar-refractivity contribution is 7.80. The van der Waals surface area contributed by atoms with Crippen molar-refractivity contribution in [3.8, 4) is 24.3 Å². The summed E-state index contributed by atoms with van der Waals surface area (Å²) in [6.07, 6.45) is 0. The molecule has 0 N–H and O–H groups in total. The number of benzene rings is 3. The van der Waals surface area contributed by atoms with Crippen molar-refractivity contribution in [3.05, 3.63) is 88.0 Å². The lowest BCUT2D eigenvalue weighted by atomic mass is 10.1. The second kappa shape index (κ2) is 8.38. The van der Waals surface area contributed by atoms with E-state index in [4.69, 9.17) is 0 Å². The van der Waals surface area contributed by atoms with Gasteiger partial charge in [-0.05, 0) is 50.3 Å². The third kappa shape index (κ3) is 3.47. The van der Waals surface area contributed by atoms with E-state index >= 15 is 0 Å². The number of hydrogen-bond donors (Lipinski definition) is 0. The van der Waals surface area contributed by atoms with Crippen LogP contribution in [-0.4, -0.2) is 0 Å². The number of aryl methyl sites for hydroxylation is 1. The first-order valence-corrected chi connectivity index (χ1v) is 10.1. The summed E-state index contributed by atoms with van der Waals surface area (Å²) in [7, 11) is -1.33. The van der Waals surface area contributed by atoms with Gasteiger partial charge in [0.05, 0.1) is 22.3 Å². The number of nitriles is 4. The SMILES string of the molecule is Cc1cccc(P(c2cccc(C#N)c2C#N)c2cccc(C#N)c2C#N)c1C. The Labute approximate surface area is 171 Å². The van der Waals surface area contributed by atoms with Gasteiger partial charge in [-0.1, -0.05) is 42.5 Å². The summed E-state index contributed by atoms with van der Waals surface area (Å²) in [6.45, 7) is 4.03. The van der Waals surface area contributed by atoms with Gasteiger partial charge < -0.3 is 0 Å². The molecule has 0 aliphatic carbocycles. The highest BCUT2D eigenvalue weighted by atomic mass is 31.1. The molecule has 4 nitrogen and oxygen atoms in total. The molecule has 0 saturated heterocycles. The van der Waals surface area contributed by atoms with Gasteiger partial charge in [0, 0.05) is 10.6 Å². The van der Waals surface area contributed by atoms with Crippen LogP contribution in [0.15, 0.2) is 54.6 Å². The second-order valence-corrected chi connectivity index (χ2v) is 8.52. The zero-order chi connectivity index (χ0) is 21.0. The van der Waals surface area contributed by atoms with Crippen molar-refractivity contribution in [1.29, 1.82) is 21.0 Å².